The van der Waals surface area contributed by atoms with Crippen molar-refractivity contribution < 1.29 is 14.0 Å². The zero-order chi connectivity index (χ0) is 24.0. The maximum Gasteiger partial charge on any atom is 0.247 e. The average molecular weight is 453 g/mol. The van der Waals surface area contributed by atoms with Crippen LogP contribution < -0.4 is 5.32 Å². The third-order valence-corrected chi connectivity index (χ3v) is 4.91. The van der Waals surface area contributed by atoms with Crippen molar-refractivity contribution in [3.63, 3.8) is 0 Å². The molecule has 1 N–H and O–H groups in total. The highest BCUT2D eigenvalue weighted by molar-refractivity contribution is 5.88. The fourth-order valence-corrected chi connectivity index (χ4v) is 3.39. The van der Waals surface area contributed by atoms with E-state index in [9.17, 15) is 14.0 Å². The summed E-state index contributed by atoms with van der Waals surface area (Å²) in [5.41, 5.74) is 1.07. The molecule has 3 aromatic rings. The molecule has 174 valence electrons. The van der Waals surface area contributed by atoms with Gasteiger partial charge in [-0.3, -0.25) is 9.59 Å². The molecule has 0 aliphatic carbocycles. The van der Waals surface area contributed by atoms with Crippen LogP contribution in [0.3, 0.4) is 0 Å². The Morgan fingerprint density at radius 3 is 2.36 bits per heavy atom. The molecule has 9 heteroatoms. The van der Waals surface area contributed by atoms with E-state index < -0.39 is 11.6 Å². The molecule has 0 bridgehead atoms. The zero-order valence-electron chi connectivity index (χ0n) is 19.3. The summed E-state index contributed by atoms with van der Waals surface area (Å²) in [6.07, 6.45) is 0.450. The molecule has 8 nitrogen and oxygen atoms in total. The number of halogens is 1. The zero-order valence-corrected chi connectivity index (χ0v) is 19.3. The highest BCUT2D eigenvalue weighted by Crippen LogP contribution is 2.16. The standard InChI is InChI=1S/C24H29FN6O2/c1-5-20(23(33)26-24(2,3)4)30(15-17-9-7-6-8-10-17)21(32)16-31-28-22(27-29-31)18-11-13-19(25)14-12-18/h6-14,20H,5,15-16H2,1-4H3,(H,26,33). The number of nitrogens with zero attached hydrogens (tertiary/aromatic N) is 5. The normalized spacial score (nSPS) is 12.3. The summed E-state index contributed by atoms with van der Waals surface area (Å²) in [5, 5.41) is 15.2. The summed E-state index contributed by atoms with van der Waals surface area (Å²) in [4.78, 5) is 29.1. The van der Waals surface area contributed by atoms with Crippen LogP contribution in [0.5, 0.6) is 0 Å². The van der Waals surface area contributed by atoms with Gasteiger partial charge in [0.15, 0.2) is 0 Å². The maximum absolute atomic E-state index is 13.3. The van der Waals surface area contributed by atoms with Crippen molar-refractivity contribution in [2.24, 2.45) is 0 Å². The van der Waals surface area contributed by atoms with E-state index in [1.807, 2.05) is 58.0 Å². The molecule has 0 saturated carbocycles. The molecule has 0 fully saturated rings. The number of nitrogens with one attached hydrogen (secondary N) is 1. The second-order valence-electron chi connectivity index (χ2n) is 8.82. The molecule has 0 radical (unpaired) electrons. The number of carbonyl (C=O) groups excluding carboxylic acids is 2. The predicted octanol–water partition coefficient (Wildman–Crippen LogP) is 3.20. The van der Waals surface area contributed by atoms with Crippen LogP contribution in [-0.4, -0.2) is 48.5 Å². The van der Waals surface area contributed by atoms with Gasteiger partial charge in [0.1, 0.15) is 18.4 Å². The fraction of sp³-hybridized carbons (Fsp3) is 0.375. The number of benzene rings is 2. The first-order valence-electron chi connectivity index (χ1n) is 10.9. The minimum Gasteiger partial charge on any atom is -0.350 e. The molecule has 1 unspecified atom stereocenters. The molecule has 1 atom stereocenters. The van der Waals surface area contributed by atoms with Gasteiger partial charge in [-0.15, -0.1) is 10.2 Å². The van der Waals surface area contributed by atoms with Gasteiger partial charge in [-0.25, -0.2) is 4.39 Å². The molecular formula is C24H29FN6O2. The first kappa shape index (κ1) is 24.0. The Labute approximate surface area is 192 Å². The topological polar surface area (TPSA) is 93.0 Å². The van der Waals surface area contributed by atoms with Gasteiger partial charge in [0.2, 0.25) is 17.6 Å². The number of hydrogen-bond donors (Lipinski definition) is 1. The van der Waals surface area contributed by atoms with Crippen molar-refractivity contribution in [2.75, 3.05) is 0 Å². The lowest BCUT2D eigenvalue weighted by Gasteiger charge is -2.33. The van der Waals surface area contributed by atoms with Crippen molar-refractivity contribution in [2.45, 2.75) is 58.8 Å². The first-order chi connectivity index (χ1) is 15.7. The lowest BCUT2D eigenvalue weighted by molar-refractivity contribution is -0.142. The van der Waals surface area contributed by atoms with Crippen LogP contribution in [0.15, 0.2) is 54.6 Å². The van der Waals surface area contributed by atoms with Crippen LogP contribution in [0, 0.1) is 5.82 Å². The number of hydrogen-bond acceptors (Lipinski definition) is 5. The second-order valence-corrected chi connectivity index (χ2v) is 8.82. The summed E-state index contributed by atoms with van der Waals surface area (Å²) in [6.45, 7) is 7.67. The van der Waals surface area contributed by atoms with E-state index >= 15 is 0 Å². The Bertz CT molecular complexity index is 1080. The van der Waals surface area contributed by atoms with Crippen molar-refractivity contribution in [3.8, 4) is 11.4 Å². The van der Waals surface area contributed by atoms with Crippen LogP contribution in [0.4, 0.5) is 4.39 Å². The van der Waals surface area contributed by atoms with Crippen LogP contribution in [-0.2, 0) is 22.7 Å². The number of tetrazole rings is 1. The van der Waals surface area contributed by atoms with Gasteiger partial charge in [0, 0.05) is 17.6 Å². The summed E-state index contributed by atoms with van der Waals surface area (Å²) < 4.78 is 13.2. The number of aromatic nitrogens is 4. The van der Waals surface area contributed by atoms with E-state index in [0.717, 1.165) is 5.56 Å². The molecule has 0 aliphatic heterocycles. The lowest BCUT2D eigenvalue weighted by atomic mass is 10.1. The molecule has 2 amide bonds. The van der Waals surface area contributed by atoms with E-state index in [0.29, 0.717) is 12.0 Å². The monoisotopic (exact) mass is 452 g/mol. The van der Waals surface area contributed by atoms with Crippen molar-refractivity contribution in [1.82, 2.24) is 30.4 Å². The van der Waals surface area contributed by atoms with Crippen molar-refractivity contribution in [3.05, 3.63) is 66.0 Å². The Kier molecular flexibility index (Phi) is 7.52. The highest BCUT2D eigenvalue weighted by atomic mass is 19.1. The predicted molar refractivity (Wildman–Crippen MR) is 122 cm³/mol. The van der Waals surface area contributed by atoms with Gasteiger partial charge in [0.05, 0.1) is 0 Å². The molecule has 33 heavy (non-hydrogen) atoms. The van der Waals surface area contributed by atoms with Crippen LogP contribution in [0.2, 0.25) is 0 Å². The molecule has 0 aliphatic rings. The SMILES string of the molecule is CCC(C(=O)NC(C)(C)C)N(Cc1ccccc1)C(=O)Cn1nnc(-c2ccc(F)cc2)n1. The molecule has 0 saturated heterocycles. The van der Waals surface area contributed by atoms with Gasteiger partial charge >= 0.3 is 0 Å². The van der Waals surface area contributed by atoms with Crippen LogP contribution in [0.25, 0.3) is 11.4 Å². The number of carbonyl (C=O) groups is 2. The largest absolute Gasteiger partial charge is 0.350 e. The smallest absolute Gasteiger partial charge is 0.247 e. The van der Waals surface area contributed by atoms with Crippen molar-refractivity contribution in [1.29, 1.82) is 0 Å². The molecule has 1 aromatic heterocycles. The molecule has 0 spiro atoms. The Hall–Kier alpha value is -3.62. The van der Waals surface area contributed by atoms with E-state index in [-0.39, 0.29) is 36.5 Å². The molecular weight excluding hydrogens is 423 g/mol. The summed E-state index contributed by atoms with van der Waals surface area (Å²) in [6, 6.07) is 14.6. The Morgan fingerprint density at radius 2 is 1.76 bits per heavy atom. The quantitative estimate of drug-likeness (QED) is 0.567. The van der Waals surface area contributed by atoms with Crippen LogP contribution >= 0.6 is 0 Å². The molecule has 1 heterocycles. The van der Waals surface area contributed by atoms with Crippen molar-refractivity contribution >= 4 is 11.8 Å². The fourth-order valence-electron chi connectivity index (χ4n) is 3.39. The Balaban J connectivity index is 1.82. The Morgan fingerprint density at radius 1 is 1.09 bits per heavy atom. The minimum atomic E-state index is -0.656. The number of amides is 2. The van der Waals surface area contributed by atoms with Crippen LogP contribution in [0.1, 0.15) is 39.7 Å². The van der Waals surface area contributed by atoms with Gasteiger partial charge < -0.3 is 10.2 Å². The van der Waals surface area contributed by atoms with Gasteiger partial charge in [-0.2, -0.15) is 4.80 Å². The van der Waals surface area contributed by atoms with Gasteiger partial charge in [-0.05, 0) is 62.2 Å². The third-order valence-electron chi connectivity index (χ3n) is 4.91. The van der Waals surface area contributed by atoms with E-state index in [1.165, 1.54) is 16.9 Å². The summed E-state index contributed by atoms with van der Waals surface area (Å²) in [5.74, 6) is -0.599. The second kappa shape index (κ2) is 10.3. The van der Waals surface area contributed by atoms with Gasteiger partial charge in [-0.1, -0.05) is 37.3 Å². The molecule has 3 rings (SSSR count). The third kappa shape index (κ3) is 6.68. The van der Waals surface area contributed by atoms with E-state index in [2.05, 4.69) is 20.7 Å². The van der Waals surface area contributed by atoms with E-state index in [1.54, 1.807) is 17.0 Å². The maximum atomic E-state index is 13.3. The first-order valence-corrected chi connectivity index (χ1v) is 10.9. The average Bonchev–Trinajstić information content (AvgIpc) is 3.22. The number of rotatable bonds is 8. The molecule has 2 aromatic carbocycles. The summed E-state index contributed by atoms with van der Waals surface area (Å²) in [7, 11) is 0. The lowest BCUT2D eigenvalue weighted by Crippen LogP contribution is -2.54. The minimum absolute atomic E-state index is 0.180. The van der Waals surface area contributed by atoms with E-state index in [4.69, 9.17) is 0 Å². The summed E-state index contributed by atoms with van der Waals surface area (Å²) >= 11 is 0. The van der Waals surface area contributed by atoms with Gasteiger partial charge in [0.25, 0.3) is 0 Å². The highest BCUT2D eigenvalue weighted by Gasteiger charge is 2.31.